The summed E-state index contributed by atoms with van der Waals surface area (Å²) in [5, 5.41) is 2.87. The number of hydrogen-bond donors (Lipinski definition) is 1. The van der Waals surface area contributed by atoms with Gasteiger partial charge in [0.2, 0.25) is 5.91 Å². The van der Waals surface area contributed by atoms with E-state index in [1.807, 2.05) is 43.6 Å². The quantitative estimate of drug-likeness (QED) is 0.940. The first-order valence-corrected chi connectivity index (χ1v) is 6.98. The summed E-state index contributed by atoms with van der Waals surface area (Å²) in [4.78, 5) is 25.7. The minimum Gasteiger partial charge on any atom is -0.347 e. The average molecular weight is 283 g/mol. The Labute approximate surface area is 123 Å². The number of carbonyl (C=O) groups is 2. The highest BCUT2D eigenvalue weighted by atomic mass is 16.2. The summed E-state index contributed by atoms with van der Waals surface area (Å²) in [6, 6.07) is 11.0. The molecule has 21 heavy (non-hydrogen) atoms. The second-order valence-corrected chi connectivity index (χ2v) is 5.16. The molecule has 1 saturated heterocycles. The molecule has 0 bridgehead atoms. The monoisotopic (exact) mass is 283 g/mol. The number of benzene rings is 1. The maximum atomic E-state index is 12.2. The van der Waals surface area contributed by atoms with E-state index in [1.165, 1.54) is 0 Å². The molecule has 0 spiro atoms. The molecule has 2 amide bonds. The van der Waals surface area contributed by atoms with E-state index in [0.29, 0.717) is 17.8 Å². The van der Waals surface area contributed by atoms with Gasteiger partial charge in [-0.25, -0.2) is 0 Å². The second kappa shape index (κ2) is 5.44. The van der Waals surface area contributed by atoms with E-state index in [2.05, 4.69) is 5.32 Å². The number of carbonyl (C=O) groups excluding carboxylic acids is 2. The summed E-state index contributed by atoms with van der Waals surface area (Å²) >= 11 is 0. The van der Waals surface area contributed by atoms with E-state index < -0.39 is 0 Å². The van der Waals surface area contributed by atoms with Crippen molar-refractivity contribution in [1.82, 2.24) is 4.57 Å². The van der Waals surface area contributed by atoms with Crippen LogP contribution in [-0.4, -0.2) is 22.9 Å². The molecular weight excluding hydrogens is 266 g/mol. The van der Waals surface area contributed by atoms with Gasteiger partial charge in [0.1, 0.15) is 5.69 Å². The summed E-state index contributed by atoms with van der Waals surface area (Å²) in [5.74, 6) is -0.0201. The van der Waals surface area contributed by atoms with Crippen molar-refractivity contribution in [2.75, 3.05) is 16.8 Å². The largest absolute Gasteiger partial charge is 0.347 e. The van der Waals surface area contributed by atoms with Gasteiger partial charge in [0.15, 0.2) is 0 Å². The highest BCUT2D eigenvalue weighted by molar-refractivity contribution is 6.04. The van der Waals surface area contributed by atoms with Crippen LogP contribution in [0.15, 0.2) is 42.6 Å². The fraction of sp³-hybridized carbons (Fsp3) is 0.250. The minimum absolute atomic E-state index is 0.140. The van der Waals surface area contributed by atoms with Gasteiger partial charge in [-0.15, -0.1) is 0 Å². The summed E-state index contributed by atoms with van der Waals surface area (Å²) in [6.45, 7) is 0.744. The molecule has 5 heteroatoms. The van der Waals surface area contributed by atoms with Crippen LogP contribution in [0.4, 0.5) is 11.4 Å². The number of hydrogen-bond acceptors (Lipinski definition) is 2. The number of nitrogens with one attached hydrogen (secondary N) is 1. The lowest BCUT2D eigenvalue weighted by atomic mass is 10.2. The van der Waals surface area contributed by atoms with E-state index >= 15 is 0 Å². The SMILES string of the molecule is Cn1cccc1C(=O)Nc1cccc(N2CCCC2=O)c1. The van der Waals surface area contributed by atoms with Gasteiger partial charge < -0.3 is 14.8 Å². The Morgan fingerprint density at radius 3 is 2.76 bits per heavy atom. The number of anilines is 2. The first kappa shape index (κ1) is 13.4. The average Bonchev–Trinajstić information content (AvgIpc) is 3.07. The topological polar surface area (TPSA) is 54.3 Å². The maximum Gasteiger partial charge on any atom is 0.272 e. The Morgan fingerprint density at radius 1 is 1.24 bits per heavy atom. The van der Waals surface area contributed by atoms with Crippen LogP contribution in [0, 0.1) is 0 Å². The van der Waals surface area contributed by atoms with Gasteiger partial charge in [-0.3, -0.25) is 9.59 Å². The zero-order chi connectivity index (χ0) is 14.8. The minimum atomic E-state index is -0.160. The molecule has 0 radical (unpaired) electrons. The van der Waals surface area contributed by atoms with Crippen molar-refractivity contribution in [3.05, 3.63) is 48.3 Å². The van der Waals surface area contributed by atoms with Crippen LogP contribution in [-0.2, 0) is 11.8 Å². The third kappa shape index (κ3) is 2.67. The highest BCUT2D eigenvalue weighted by Crippen LogP contribution is 2.24. The first-order chi connectivity index (χ1) is 10.1. The van der Waals surface area contributed by atoms with Crippen LogP contribution < -0.4 is 10.2 Å². The predicted octanol–water partition coefficient (Wildman–Crippen LogP) is 2.40. The lowest BCUT2D eigenvalue weighted by molar-refractivity contribution is -0.117. The summed E-state index contributed by atoms with van der Waals surface area (Å²) in [5.41, 5.74) is 2.12. The molecule has 1 aromatic heterocycles. The van der Waals surface area contributed by atoms with E-state index in [0.717, 1.165) is 18.7 Å². The molecule has 1 aliphatic rings. The summed E-state index contributed by atoms with van der Waals surface area (Å²) in [7, 11) is 1.83. The van der Waals surface area contributed by atoms with Crippen molar-refractivity contribution in [2.45, 2.75) is 12.8 Å². The lowest BCUT2D eigenvalue weighted by Gasteiger charge is -2.16. The van der Waals surface area contributed by atoms with Gasteiger partial charge in [-0.1, -0.05) is 6.07 Å². The van der Waals surface area contributed by atoms with Gasteiger partial charge >= 0.3 is 0 Å². The molecule has 1 aliphatic heterocycles. The molecular formula is C16H17N3O2. The Balaban J connectivity index is 1.79. The van der Waals surface area contributed by atoms with Crippen LogP contribution in [0.3, 0.4) is 0 Å². The molecule has 3 rings (SSSR count). The zero-order valence-electron chi connectivity index (χ0n) is 11.9. The third-order valence-corrected chi connectivity index (χ3v) is 3.67. The standard InChI is InChI=1S/C16H17N3O2/c1-18-9-3-7-14(18)16(21)17-12-5-2-6-13(11-12)19-10-4-8-15(19)20/h2-3,5-7,9,11H,4,8,10H2,1H3,(H,17,21). The summed E-state index contributed by atoms with van der Waals surface area (Å²) < 4.78 is 1.77. The fourth-order valence-electron chi connectivity index (χ4n) is 2.56. The second-order valence-electron chi connectivity index (χ2n) is 5.16. The number of aromatic nitrogens is 1. The zero-order valence-corrected chi connectivity index (χ0v) is 11.9. The van der Waals surface area contributed by atoms with Gasteiger partial charge in [-0.2, -0.15) is 0 Å². The molecule has 0 atom stereocenters. The highest BCUT2D eigenvalue weighted by Gasteiger charge is 2.21. The van der Waals surface area contributed by atoms with Crippen LogP contribution in [0.5, 0.6) is 0 Å². The maximum absolute atomic E-state index is 12.2. The Hall–Kier alpha value is -2.56. The molecule has 1 aromatic carbocycles. The van der Waals surface area contributed by atoms with Crippen LogP contribution >= 0.6 is 0 Å². The molecule has 1 N–H and O–H groups in total. The lowest BCUT2D eigenvalue weighted by Crippen LogP contribution is -2.23. The van der Waals surface area contributed by atoms with Gasteiger partial charge in [-0.05, 0) is 36.8 Å². The van der Waals surface area contributed by atoms with Gasteiger partial charge in [0.05, 0.1) is 0 Å². The molecule has 0 unspecified atom stereocenters. The van der Waals surface area contributed by atoms with Crippen LogP contribution in [0.2, 0.25) is 0 Å². The Bertz CT molecular complexity index is 690. The number of nitrogens with zero attached hydrogens (tertiary/aromatic N) is 2. The number of amides is 2. The molecule has 0 aliphatic carbocycles. The first-order valence-electron chi connectivity index (χ1n) is 6.98. The number of aryl methyl sites for hydroxylation is 1. The van der Waals surface area contributed by atoms with Crippen molar-refractivity contribution in [1.29, 1.82) is 0 Å². The van der Waals surface area contributed by atoms with Crippen LogP contribution in [0.25, 0.3) is 0 Å². The van der Waals surface area contributed by atoms with Crippen molar-refractivity contribution in [2.24, 2.45) is 7.05 Å². The fourth-order valence-corrected chi connectivity index (χ4v) is 2.56. The Kier molecular flexibility index (Phi) is 3.48. The number of rotatable bonds is 3. The van der Waals surface area contributed by atoms with Crippen molar-refractivity contribution in [3.63, 3.8) is 0 Å². The molecule has 108 valence electrons. The third-order valence-electron chi connectivity index (χ3n) is 3.67. The molecule has 1 fully saturated rings. The van der Waals surface area contributed by atoms with E-state index in [9.17, 15) is 9.59 Å². The summed E-state index contributed by atoms with van der Waals surface area (Å²) in [6.07, 6.45) is 3.31. The normalized spacial score (nSPS) is 14.5. The molecule has 2 aromatic rings. The predicted molar refractivity (Wildman–Crippen MR) is 81.4 cm³/mol. The van der Waals surface area contributed by atoms with Crippen molar-refractivity contribution in [3.8, 4) is 0 Å². The smallest absolute Gasteiger partial charge is 0.272 e. The van der Waals surface area contributed by atoms with Crippen molar-refractivity contribution < 1.29 is 9.59 Å². The molecule has 5 nitrogen and oxygen atoms in total. The van der Waals surface area contributed by atoms with E-state index in [-0.39, 0.29) is 11.8 Å². The van der Waals surface area contributed by atoms with Gasteiger partial charge in [0.25, 0.3) is 5.91 Å². The Morgan fingerprint density at radius 2 is 2.10 bits per heavy atom. The molecule has 0 saturated carbocycles. The van der Waals surface area contributed by atoms with Crippen LogP contribution in [0.1, 0.15) is 23.3 Å². The molecule has 2 heterocycles. The van der Waals surface area contributed by atoms with Gasteiger partial charge in [0, 0.05) is 37.6 Å². The van der Waals surface area contributed by atoms with Crippen molar-refractivity contribution >= 4 is 23.2 Å². The van der Waals surface area contributed by atoms with E-state index in [1.54, 1.807) is 15.5 Å². The van der Waals surface area contributed by atoms with E-state index in [4.69, 9.17) is 0 Å².